The summed E-state index contributed by atoms with van der Waals surface area (Å²) in [6.45, 7) is 3.42. The summed E-state index contributed by atoms with van der Waals surface area (Å²) in [4.78, 5) is 18.5. The van der Waals surface area contributed by atoms with Crippen molar-refractivity contribution in [1.82, 2.24) is 15.2 Å². The highest BCUT2D eigenvalue weighted by Gasteiger charge is 2.28. The van der Waals surface area contributed by atoms with Crippen LogP contribution in [0.5, 0.6) is 0 Å². The van der Waals surface area contributed by atoms with Gasteiger partial charge in [-0.1, -0.05) is 24.3 Å². The molecule has 4 rings (SSSR count). The van der Waals surface area contributed by atoms with Crippen molar-refractivity contribution in [2.75, 3.05) is 13.1 Å². The molecule has 0 aliphatic carbocycles. The van der Waals surface area contributed by atoms with Gasteiger partial charge < -0.3 is 10.2 Å². The Morgan fingerprint density at radius 1 is 1.09 bits per heavy atom. The number of carbonyl (C=O) groups excluding carboxylic acids is 1. The van der Waals surface area contributed by atoms with E-state index < -0.39 is 0 Å². The number of fused-ring (bicyclic) bond motifs is 2. The predicted octanol–water partition coefficient (Wildman–Crippen LogP) is 1.93. The number of hydrogen-bond donors (Lipinski definition) is 1. The van der Waals surface area contributed by atoms with E-state index in [-0.39, 0.29) is 5.91 Å². The van der Waals surface area contributed by atoms with Crippen LogP contribution in [0.3, 0.4) is 0 Å². The smallest absolute Gasteiger partial charge is 0.273 e. The number of aromatic nitrogens is 1. The van der Waals surface area contributed by atoms with Crippen LogP contribution in [0.4, 0.5) is 0 Å². The molecular weight excluding hydrogens is 274 g/mol. The largest absolute Gasteiger partial charge is 0.329 e. The number of nitrogens with zero attached hydrogens (tertiary/aromatic N) is 2. The molecule has 0 radical (unpaired) electrons. The zero-order chi connectivity index (χ0) is 14.9. The van der Waals surface area contributed by atoms with E-state index in [0.29, 0.717) is 18.8 Å². The van der Waals surface area contributed by atoms with Crippen molar-refractivity contribution in [3.63, 3.8) is 0 Å². The van der Waals surface area contributed by atoms with Crippen LogP contribution in [0.15, 0.2) is 36.5 Å². The fourth-order valence-corrected chi connectivity index (χ4v) is 3.36. The molecule has 1 N–H and O–H groups in total. The third-order valence-electron chi connectivity index (χ3n) is 4.53. The molecule has 4 heteroatoms. The Morgan fingerprint density at radius 2 is 1.95 bits per heavy atom. The maximum atomic E-state index is 12.4. The minimum absolute atomic E-state index is 0.0483. The van der Waals surface area contributed by atoms with Crippen LogP contribution in [0.25, 0.3) is 0 Å². The predicted molar refractivity (Wildman–Crippen MR) is 84.5 cm³/mol. The molecule has 1 aromatic carbocycles. The second-order valence-corrected chi connectivity index (χ2v) is 6.03. The molecule has 0 atom stereocenters. The second-order valence-electron chi connectivity index (χ2n) is 6.03. The van der Waals surface area contributed by atoms with Gasteiger partial charge in [0.2, 0.25) is 0 Å². The third-order valence-corrected chi connectivity index (χ3v) is 4.53. The lowest BCUT2D eigenvalue weighted by Crippen LogP contribution is -2.23. The van der Waals surface area contributed by atoms with E-state index in [1.165, 1.54) is 16.7 Å². The fraction of sp³-hybridized carbons (Fsp3) is 0.333. The first-order valence-electron chi connectivity index (χ1n) is 7.86. The summed E-state index contributed by atoms with van der Waals surface area (Å²) < 4.78 is 0. The molecule has 2 aromatic rings. The number of amides is 1. The van der Waals surface area contributed by atoms with Gasteiger partial charge in [0, 0.05) is 24.8 Å². The van der Waals surface area contributed by atoms with E-state index >= 15 is 0 Å². The van der Waals surface area contributed by atoms with Crippen LogP contribution in [-0.4, -0.2) is 28.9 Å². The zero-order valence-electron chi connectivity index (χ0n) is 12.5. The van der Waals surface area contributed by atoms with Crippen LogP contribution in [0.1, 0.15) is 32.7 Å². The van der Waals surface area contributed by atoms with Gasteiger partial charge in [0.25, 0.3) is 5.91 Å². The molecule has 2 aliphatic heterocycles. The molecule has 22 heavy (non-hydrogen) atoms. The molecule has 0 fully saturated rings. The van der Waals surface area contributed by atoms with E-state index in [1.807, 2.05) is 17.0 Å². The first kappa shape index (κ1) is 13.5. The molecule has 4 nitrogen and oxygen atoms in total. The van der Waals surface area contributed by atoms with Gasteiger partial charge in [-0.3, -0.25) is 9.78 Å². The molecule has 0 saturated carbocycles. The molecule has 3 heterocycles. The fourth-order valence-electron chi connectivity index (χ4n) is 3.36. The van der Waals surface area contributed by atoms with Gasteiger partial charge in [0.15, 0.2) is 0 Å². The van der Waals surface area contributed by atoms with Crippen molar-refractivity contribution < 1.29 is 4.79 Å². The van der Waals surface area contributed by atoms with Crippen LogP contribution < -0.4 is 5.32 Å². The number of carbonyl (C=O) groups is 1. The van der Waals surface area contributed by atoms with Crippen LogP contribution >= 0.6 is 0 Å². The molecule has 0 unspecified atom stereocenters. The standard InChI is InChI=1S/C18H19N3O/c22-18-17-16(2-1-7-20-17)12-21(18)11-13-3-4-14-5-8-19-9-6-15(14)10-13/h1-4,7,10,19H,5-6,8-9,11-12H2. The van der Waals surface area contributed by atoms with Crippen molar-refractivity contribution in [2.45, 2.75) is 25.9 Å². The topological polar surface area (TPSA) is 45.2 Å². The van der Waals surface area contributed by atoms with Crippen molar-refractivity contribution in [3.05, 3.63) is 64.5 Å². The maximum absolute atomic E-state index is 12.4. The molecule has 1 amide bonds. The normalized spacial score (nSPS) is 17.1. The molecule has 1 aromatic heterocycles. The van der Waals surface area contributed by atoms with Gasteiger partial charge in [0.1, 0.15) is 5.69 Å². The molecule has 0 spiro atoms. The molecular formula is C18H19N3O. The Morgan fingerprint density at radius 3 is 2.82 bits per heavy atom. The van der Waals surface area contributed by atoms with Crippen molar-refractivity contribution in [2.24, 2.45) is 0 Å². The highest BCUT2D eigenvalue weighted by Crippen LogP contribution is 2.23. The minimum atomic E-state index is 0.0483. The Bertz CT molecular complexity index is 726. The SMILES string of the molecule is O=C1c2ncccc2CN1Cc1ccc2c(c1)CCNCC2. The number of hydrogen-bond acceptors (Lipinski definition) is 3. The van der Waals surface area contributed by atoms with E-state index in [1.54, 1.807) is 6.20 Å². The van der Waals surface area contributed by atoms with Crippen LogP contribution in [0, 0.1) is 0 Å². The lowest BCUT2D eigenvalue weighted by molar-refractivity contribution is 0.0762. The highest BCUT2D eigenvalue weighted by molar-refractivity contribution is 5.96. The van der Waals surface area contributed by atoms with E-state index in [4.69, 9.17) is 0 Å². The van der Waals surface area contributed by atoms with Gasteiger partial charge >= 0.3 is 0 Å². The number of pyridine rings is 1. The Labute approximate surface area is 130 Å². The zero-order valence-corrected chi connectivity index (χ0v) is 12.5. The number of nitrogens with one attached hydrogen (secondary N) is 1. The van der Waals surface area contributed by atoms with Crippen LogP contribution in [-0.2, 0) is 25.9 Å². The lowest BCUT2D eigenvalue weighted by Gasteiger charge is -2.17. The van der Waals surface area contributed by atoms with Crippen molar-refractivity contribution in [3.8, 4) is 0 Å². The van der Waals surface area contributed by atoms with Crippen LogP contribution in [0.2, 0.25) is 0 Å². The van der Waals surface area contributed by atoms with Gasteiger partial charge in [0.05, 0.1) is 0 Å². The summed E-state index contributed by atoms with van der Waals surface area (Å²) in [7, 11) is 0. The van der Waals surface area contributed by atoms with Gasteiger partial charge in [-0.2, -0.15) is 0 Å². The Balaban J connectivity index is 1.55. The Hall–Kier alpha value is -2.20. The number of rotatable bonds is 2. The van der Waals surface area contributed by atoms with Crippen molar-refractivity contribution in [1.29, 1.82) is 0 Å². The first-order valence-corrected chi connectivity index (χ1v) is 7.86. The molecule has 0 bridgehead atoms. The highest BCUT2D eigenvalue weighted by atomic mass is 16.2. The summed E-state index contributed by atoms with van der Waals surface area (Å²) >= 11 is 0. The molecule has 2 aliphatic rings. The monoisotopic (exact) mass is 293 g/mol. The van der Waals surface area contributed by atoms with Gasteiger partial charge in [-0.25, -0.2) is 0 Å². The van der Waals surface area contributed by atoms with Gasteiger partial charge in [-0.05, 0) is 48.7 Å². The summed E-state index contributed by atoms with van der Waals surface area (Å²) in [5.74, 6) is 0.0483. The van der Waals surface area contributed by atoms with Crippen molar-refractivity contribution >= 4 is 5.91 Å². The summed E-state index contributed by atoms with van der Waals surface area (Å²) in [6, 6.07) is 10.5. The van der Waals surface area contributed by atoms with Gasteiger partial charge in [-0.15, -0.1) is 0 Å². The van der Waals surface area contributed by atoms with E-state index in [2.05, 4.69) is 28.5 Å². The average molecular weight is 293 g/mol. The first-order chi connectivity index (χ1) is 10.8. The summed E-state index contributed by atoms with van der Waals surface area (Å²) in [6.07, 6.45) is 3.85. The third kappa shape index (κ3) is 2.40. The Kier molecular flexibility index (Phi) is 3.39. The summed E-state index contributed by atoms with van der Waals surface area (Å²) in [5.41, 5.74) is 5.71. The average Bonchev–Trinajstić information content (AvgIpc) is 2.73. The number of benzene rings is 1. The van der Waals surface area contributed by atoms with E-state index in [9.17, 15) is 4.79 Å². The summed E-state index contributed by atoms with van der Waals surface area (Å²) in [5, 5.41) is 3.43. The molecule has 0 saturated heterocycles. The molecule has 112 valence electrons. The quantitative estimate of drug-likeness (QED) is 0.920. The lowest BCUT2D eigenvalue weighted by atomic mass is 10.00. The maximum Gasteiger partial charge on any atom is 0.273 e. The van der Waals surface area contributed by atoms with E-state index in [0.717, 1.165) is 31.5 Å². The second kappa shape index (κ2) is 5.54. The minimum Gasteiger partial charge on any atom is -0.329 e.